The number of nitrogens with zero attached hydrogens (tertiary/aromatic N) is 5. The van der Waals surface area contributed by atoms with Crippen molar-refractivity contribution in [2.75, 3.05) is 19.0 Å². The Morgan fingerprint density at radius 1 is 1.10 bits per heavy atom. The lowest BCUT2D eigenvalue weighted by atomic mass is 9.69. The highest BCUT2D eigenvalue weighted by atomic mass is 32.2. The summed E-state index contributed by atoms with van der Waals surface area (Å²) in [5, 5.41) is 12.0. The number of para-hydroxylation sites is 1. The highest BCUT2D eigenvalue weighted by Gasteiger charge is 2.41. The molecule has 0 radical (unpaired) electrons. The highest BCUT2D eigenvalue weighted by Crippen LogP contribution is 2.46. The first-order valence-electron chi connectivity index (χ1n) is 16.9. The third-order valence-electron chi connectivity index (χ3n) is 9.78. The van der Waals surface area contributed by atoms with Gasteiger partial charge in [0.15, 0.2) is 0 Å². The van der Waals surface area contributed by atoms with Crippen LogP contribution >= 0.6 is 0 Å². The zero-order valence-electron chi connectivity index (χ0n) is 29.6. The van der Waals surface area contributed by atoms with Crippen molar-refractivity contribution in [1.82, 2.24) is 24.3 Å². The quantitative estimate of drug-likeness (QED) is 0.172. The average Bonchev–Trinajstić information content (AvgIpc) is 3.51. The molecule has 50 heavy (non-hydrogen) atoms. The first-order chi connectivity index (χ1) is 23.9. The van der Waals surface area contributed by atoms with Gasteiger partial charge in [-0.2, -0.15) is 4.31 Å². The monoisotopic (exact) mass is 696 g/mol. The van der Waals surface area contributed by atoms with Crippen LogP contribution in [-0.2, 0) is 27.9 Å². The van der Waals surface area contributed by atoms with Gasteiger partial charge in [-0.25, -0.2) is 13.1 Å². The molecule has 1 aliphatic rings. The minimum Gasteiger partial charge on any atom is -0.494 e. The summed E-state index contributed by atoms with van der Waals surface area (Å²) in [6, 6.07) is 18.4. The largest absolute Gasteiger partial charge is 0.494 e. The topological polar surface area (TPSA) is 129 Å². The van der Waals surface area contributed by atoms with Crippen molar-refractivity contribution in [2.24, 2.45) is 5.41 Å². The number of carbonyl (C=O) groups is 1. The summed E-state index contributed by atoms with van der Waals surface area (Å²) in [5.41, 5.74) is 5.39. The molecule has 1 amide bonds. The Morgan fingerprint density at radius 2 is 1.88 bits per heavy atom. The van der Waals surface area contributed by atoms with Crippen LogP contribution in [0, 0.1) is 19.3 Å². The summed E-state index contributed by atoms with van der Waals surface area (Å²) < 4.78 is 43.6. The van der Waals surface area contributed by atoms with E-state index in [-0.39, 0.29) is 30.0 Å². The molecule has 0 aliphatic carbocycles. The molecule has 5 aromatic rings. The lowest BCUT2D eigenvalue weighted by Crippen LogP contribution is -2.38. The van der Waals surface area contributed by atoms with E-state index < -0.39 is 21.4 Å². The Bertz CT molecular complexity index is 2150. The van der Waals surface area contributed by atoms with E-state index >= 15 is 0 Å². The number of aryl methyl sites for hydroxylation is 3. The maximum absolute atomic E-state index is 14.3. The van der Waals surface area contributed by atoms with Crippen molar-refractivity contribution in [1.29, 1.82) is 0 Å². The molecular weight excluding hydrogens is 653 g/mol. The van der Waals surface area contributed by atoms with Crippen LogP contribution in [0.3, 0.4) is 0 Å². The number of hydrogen-bond donors (Lipinski definition) is 1. The lowest BCUT2D eigenvalue weighted by molar-refractivity contribution is -0.124. The molecule has 11 nitrogen and oxygen atoms in total. The van der Waals surface area contributed by atoms with Crippen molar-refractivity contribution in [2.45, 2.75) is 78.0 Å². The van der Waals surface area contributed by atoms with E-state index in [1.54, 1.807) is 60.6 Å². The average molecular weight is 697 g/mol. The van der Waals surface area contributed by atoms with E-state index in [0.717, 1.165) is 33.3 Å². The van der Waals surface area contributed by atoms with E-state index in [9.17, 15) is 13.2 Å². The van der Waals surface area contributed by atoms with E-state index in [0.29, 0.717) is 35.7 Å². The van der Waals surface area contributed by atoms with Gasteiger partial charge in [-0.15, -0.1) is 5.10 Å². The van der Waals surface area contributed by atoms with Gasteiger partial charge in [-0.05, 0) is 85.3 Å². The van der Waals surface area contributed by atoms with Crippen LogP contribution in [0.15, 0.2) is 78.0 Å². The van der Waals surface area contributed by atoms with E-state index in [4.69, 9.17) is 9.47 Å². The van der Waals surface area contributed by atoms with Gasteiger partial charge in [-0.1, -0.05) is 56.3 Å². The van der Waals surface area contributed by atoms with Gasteiger partial charge in [-0.3, -0.25) is 9.78 Å². The van der Waals surface area contributed by atoms with Crippen LogP contribution in [0.2, 0.25) is 0 Å². The molecule has 262 valence electrons. The summed E-state index contributed by atoms with van der Waals surface area (Å²) in [4.78, 5) is 18.6. The Kier molecular flexibility index (Phi) is 9.69. The predicted octanol–water partition coefficient (Wildman–Crippen LogP) is 6.63. The molecule has 0 bridgehead atoms. The minimum atomic E-state index is -3.88. The number of amides is 1. The molecule has 3 heterocycles. The number of sulfonamides is 1. The highest BCUT2D eigenvalue weighted by molar-refractivity contribution is 7.89. The van der Waals surface area contributed by atoms with Crippen molar-refractivity contribution in [3.8, 4) is 11.5 Å². The first-order valence-corrected chi connectivity index (χ1v) is 18.3. The molecule has 0 saturated heterocycles. The molecule has 0 spiro atoms. The van der Waals surface area contributed by atoms with Crippen molar-refractivity contribution in [3.63, 3.8) is 0 Å². The third-order valence-corrected chi connectivity index (χ3v) is 11.6. The Balaban J connectivity index is 1.50. The molecule has 3 aromatic carbocycles. The molecule has 2 atom stereocenters. The maximum atomic E-state index is 14.3. The second-order valence-corrected chi connectivity index (χ2v) is 15.2. The maximum Gasteiger partial charge on any atom is 0.247 e. The van der Waals surface area contributed by atoms with Crippen LogP contribution in [0.5, 0.6) is 11.5 Å². The van der Waals surface area contributed by atoms with Crippen LogP contribution in [0.4, 0.5) is 5.69 Å². The number of benzene rings is 3. The van der Waals surface area contributed by atoms with E-state index in [1.165, 1.54) is 4.31 Å². The zero-order valence-corrected chi connectivity index (χ0v) is 30.4. The van der Waals surface area contributed by atoms with Crippen molar-refractivity contribution >= 4 is 32.7 Å². The molecular formula is C38H44N6O5S. The minimum absolute atomic E-state index is 0.136. The number of carbonyl (C=O) groups excluding carboxylic acids is 1. The van der Waals surface area contributed by atoms with Gasteiger partial charge >= 0.3 is 0 Å². The summed E-state index contributed by atoms with van der Waals surface area (Å²) in [5.74, 6) is 0.265. The molecule has 0 fully saturated rings. The summed E-state index contributed by atoms with van der Waals surface area (Å²) >= 11 is 0. The smallest absolute Gasteiger partial charge is 0.247 e. The molecule has 1 aliphatic heterocycles. The third kappa shape index (κ3) is 6.33. The number of nitrogens with one attached hydrogen (secondary N) is 1. The van der Waals surface area contributed by atoms with Crippen molar-refractivity contribution < 1.29 is 22.7 Å². The second-order valence-electron chi connectivity index (χ2n) is 13.3. The van der Waals surface area contributed by atoms with Gasteiger partial charge < -0.3 is 14.8 Å². The van der Waals surface area contributed by atoms with Crippen molar-refractivity contribution in [3.05, 3.63) is 101 Å². The number of pyridine rings is 1. The standard InChI is InChI=1S/C38H44N6O5S/c1-8-29-23-43(50(46,47)33-15-11-10-14-31(33)49-29)22-27-19-26(17-16-24(27)3)34(38(5,6)37(45)40-28-13-12-18-39-21-28)30-20-32(48-7)36-35(25(30)4)41-42-44(36)9-2/h10-21,29,34H,8-9,22-23H2,1-7H3,(H,40,45)/t29-,34+/m1/s1. The van der Waals surface area contributed by atoms with Crippen LogP contribution in [0.25, 0.3) is 11.0 Å². The fourth-order valence-corrected chi connectivity index (χ4v) is 8.39. The number of fused-ring (bicyclic) bond motifs is 2. The number of methoxy groups -OCH3 is 1. The van der Waals surface area contributed by atoms with Gasteiger partial charge in [0.05, 0.1) is 31.0 Å². The lowest BCUT2D eigenvalue weighted by Gasteiger charge is -2.35. The molecule has 0 unspecified atom stereocenters. The number of ether oxygens (including phenoxy) is 2. The normalized spacial score (nSPS) is 16.7. The van der Waals surface area contributed by atoms with Gasteiger partial charge in [0, 0.05) is 25.2 Å². The fourth-order valence-electron chi connectivity index (χ4n) is 6.82. The molecule has 1 N–H and O–H groups in total. The molecule has 0 saturated carbocycles. The first kappa shape index (κ1) is 35.0. The van der Waals surface area contributed by atoms with E-state index in [2.05, 4.69) is 20.6 Å². The van der Waals surface area contributed by atoms with Gasteiger partial charge in [0.25, 0.3) is 0 Å². The molecule has 2 aromatic heterocycles. The summed E-state index contributed by atoms with van der Waals surface area (Å²) in [6.45, 7) is 12.8. The Hall–Kier alpha value is -4.81. The summed E-state index contributed by atoms with van der Waals surface area (Å²) in [6.07, 6.45) is 3.61. The van der Waals surface area contributed by atoms with Gasteiger partial charge in [0.1, 0.15) is 33.5 Å². The van der Waals surface area contributed by atoms with Crippen LogP contribution in [-0.4, -0.2) is 58.4 Å². The SMILES string of the molecule is CC[C@@H]1CN(Cc2cc([C@@H](c3cc(OC)c4c(nnn4CC)c3C)C(C)(C)C(=O)Nc3cccnc3)ccc2C)S(=O)(=O)c2ccccc2O1. The number of aromatic nitrogens is 4. The van der Waals surface area contributed by atoms with Crippen LogP contribution in [0.1, 0.15) is 67.9 Å². The molecule has 6 rings (SSSR count). The Morgan fingerprint density at radius 3 is 2.58 bits per heavy atom. The second kappa shape index (κ2) is 13.8. The number of anilines is 1. The van der Waals surface area contributed by atoms with Gasteiger partial charge in [0.2, 0.25) is 15.9 Å². The number of rotatable bonds is 10. The number of hydrogen-bond acceptors (Lipinski definition) is 8. The van der Waals surface area contributed by atoms with Crippen LogP contribution < -0.4 is 14.8 Å². The Labute approximate surface area is 293 Å². The zero-order chi connectivity index (χ0) is 35.8. The summed E-state index contributed by atoms with van der Waals surface area (Å²) in [7, 11) is -2.26. The molecule has 12 heteroatoms. The fraction of sp³-hybridized carbons (Fsp3) is 0.368. The predicted molar refractivity (Wildman–Crippen MR) is 193 cm³/mol. The van der Waals surface area contributed by atoms with E-state index in [1.807, 2.05) is 65.8 Å².